The first-order valence-electron chi connectivity index (χ1n) is 7.32. The van der Waals surface area contributed by atoms with Gasteiger partial charge in [0.2, 0.25) is 10.0 Å². The van der Waals surface area contributed by atoms with Gasteiger partial charge in [-0.2, -0.15) is 9.78 Å². The van der Waals surface area contributed by atoms with E-state index < -0.39 is 27.1 Å². The molecule has 0 fully saturated rings. The Morgan fingerprint density at radius 1 is 1.35 bits per heavy atom. The second kappa shape index (κ2) is 7.98. The van der Waals surface area contributed by atoms with E-state index in [0.717, 1.165) is 23.1 Å². The highest BCUT2D eigenvalue weighted by molar-refractivity contribution is 7.88. The van der Waals surface area contributed by atoms with Gasteiger partial charge in [-0.25, -0.2) is 22.3 Å². The zero-order chi connectivity index (χ0) is 19.5. The van der Waals surface area contributed by atoms with Crippen LogP contribution in [0.4, 0.5) is 4.39 Å². The third-order valence-electron chi connectivity index (χ3n) is 3.25. The molecule has 0 spiro atoms. The van der Waals surface area contributed by atoms with Gasteiger partial charge in [0.1, 0.15) is 17.6 Å². The molecule has 0 atom stereocenters. The van der Waals surface area contributed by atoms with Crippen molar-refractivity contribution in [3.05, 3.63) is 50.0 Å². The van der Waals surface area contributed by atoms with Crippen molar-refractivity contribution in [1.82, 2.24) is 19.1 Å². The Hall–Kier alpha value is -2.24. The van der Waals surface area contributed by atoms with E-state index in [1.807, 2.05) is 0 Å². The zero-order valence-electron chi connectivity index (χ0n) is 13.9. The summed E-state index contributed by atoms with van der Waals surface area (Å²) in [6, 6.07) is 2.14. The molecule has 2 aromatic rings. The van der Waals surface area contributed by atoms with E-state index in [4.69, 9.17) is 16.3 Å². The smallest absolute Gasteiger partial charge is 0.352 e. The summed E-state index contributed by atoms with van der Waals surface area (Å²) in [5, 5.41) is 3.61. The molecule has 1 N–H and O–H groups in total. The molecule has 0 aliphatic heterocycles. The highest BCUT2D eigenvalue weighted by Crippen LogP contribution is 2.29. The lowest BCUT2D eigenvalue weighted by Crippen LogP contribution is -2.38. The van der Waals surface area contributed by atoms with Crippen molar-refractivity contribution in [2.75, 3.05) is 19.4 Å². The van der Waals surface area contributed by atoms with Gasteiger partial charge in [-0.1, -0.05) is 11.6 Å². The van der Waals surface area contributed by atoms with E-state index in [2.05, 4.69) is 9.82 Å². The maximum Gasteiger partial charge on any atom is 0.352 e. The Kier molecular flexibility index (Phi) is 6.16. The van der Waals surface area contributed by atoms with Gasteiger partial charge in [-0.05, 0) is 12.5 Å². The first kappa shape index (κ1) is 20.1. The second-order valence-electron chi connectivity index (χ2n) is 5.34. The van der Waals surface area contributed by atoms with Crippen LogP contribution in [-0.4, -0.2) is 42.2 Å². The van der Waals surface area contributed by atoms with Crippen LogP contribution in [0.3, 0.4) is 0 Å². The molecule has 142 valence electrons. The maximum atomic E-state index is 14.2. The highest BCUT2D eigenvalue weighted by Gasteiger charge is 2.15. The minimum atomic E-state index is -3.29. The number of sulfonamides is 1. The van der Waals surface area contributed by atoms with Crippen LogP contribution in [0.15, 0.2) is 27.9 Å². The van der Waals surface area contributed by atoms with Crippen LogP contribution in [0, 0.1) is 5.82 Å². The molecule has 26 heavy (non-hydrogen) atoms. The van der Waals surface area contributed by atoms with Crippen molar-refractivity contribution in [2.45, 2.75) is 6.42 Å². The molecular weight excluding hydrogens is 391 g/mol. The fourth-order valence-corrected chi connectivity index (χ4v) is 2.67. The Labute approximate surface area is 153 Å². The summed E-state index contributed by atoms with van der Waals surface area (Å²) in [5.41, 5.74) is -1.70. The van der Waals surface area contributed by atoms with Crippen LogP contribution in [-0.2, 0) is 17.1 Å². The van der Waals surface area contributed by atoms with E-state index in [0.29, 0.717) is 11.1 Å². The number of nitrogens with zero attached hydrogens (tertiary/aromatic N) is 3. The molecule has 1 aromatic carbocycles. The predicted molar refractivity (Wildman–Crippen MR) is 93.0 cm³/mol. The molecule has 1 heterocycles. The summed E-state index contributed by atoms with van der Waals surface area (Å²) in [4.78, 5) is 23.5. The van der Waals surface area contributed by atoms with Crippen molar-refractivity contribution in [1.29, 1.82) is 0 Å². The fourth-order valence-electron chi connectivity index (χ4n) is 1.95. The molecular formula is C14H16ClFN4O5S. The number of benzene rings is 1. The quantitative estimate of drug-likeness (QED) is 0.650. The standard InChI is InChI=1S/C14H16ClFN4O5S/c1-19-13(21)8-17-20(14(19)22)11-7-12(9(15)6-10(11)16)25-5-3-4-18-26(2,23)24/h6-8,18H,3-5H2,1-2H3. The Bertz CT molecular complexity index is 1030. The number of nitrogens with one attached hydrogen (secondary N) is 1. The van der Waals surface area contributed by atoms with Crippen molar-refractivity contribution in [3.8, 4) is 11.4 Å². The summed E-state index contributed by atoms with van der Waals surface area (Å²) < 4.78 is 45.3. The minimum absolute atomic E-state index is 0.0276. The second-order valence-corrected chi connectivity index (χ2v) is 7.58. The van der Waals surface area contributed by atoms with Gasteiger partial charge in [0.25, 0.3) is 5.56 Å². The van der Waals surface area contributed by atoms with E-state index in [1.165, 1.54) is 13.1 Å². The van der Waals surface area contributed by atoms with Gasteiger partial charge in [0.15, 0.2) is 5.82 Å². The third-order valence-corrected chi connectivity index (χ3v) is 4.28. The van der Waals surface area contributed by atoms with Gasteiger partial charge in [0.05, 0.1) is 17.9 Å². The summed E-state index contributed by atoms with van der Waals surface area (Å²) in [6.45, 7) is 0.259. The number of ether oxygens (including phenoxy) is 1. The van der Waals surface area contributed by atoms with Gasteiger partial charge in [0, 0.05) is 19.7 Å². The van der Waals surface area contributed by atoms with Crippen LogP contribution in [0.5, 0.6) is 5.75 Å². The molecule has 12 heteroatoms. The average molecular weight is 407 g/mol. The van der Waals surface area contributed by atoms with Crippen LogP contribution in [0.1, 0.15) is 6.42 Å². The number of halogens is 2. The molecule has 0 bridgehead atoms. The van der Waals surface area contributed by atoms with Gasteiger partial charge < -0.3 is 4.74 Å². The van der Waals surface area contributed by atoms with Crippen molar-refractivity contribution < 1.29 is 17.5 Å². The Morgan fingerprint density at radius 3 is 2.69 bits per heavy atom. The SMILES string of the molecule is Cn1c(=O)cnn(-c2cc(OCCCNS(C)(=O)=O)c(Cl)cc2F)c1=O. The third kappa shape index (κ3) is 4.90. The van der Waals surface area contributed by atoms with Crippen molar-refractivity contribution in [2.24, 2.45) is 7.05 Å². The fraction of sp³-hybridized carbons (Fsp3) is 0.357. The molecule has 0 amide bonds. The molecule has 0 aliphatic carbocycles. The minimum Gasteiger partial charge on any atom is -0.492 e. The normalized spacial score (nSPS) is 11.5. The van der Waals surface area contributed by atoms with Gasteiger partial charge >= 0.3 is 5.69 Å². The number of hydrogen-bond acceptors (Lipinski definition) is 6. The summed E-state index contributed by atoms with van der Waals surface area (Å²) in [5.74, 6) is -0.737. The topological polar surface area (TPSA) is 112 Å². The molecule has 0 radical (unpaired) electrons. The highest BCUT2D eigenvalue weighted by atomic mass is 35.5. The monoisotopic (exact) mass is 406 g/mol. The molecule has 0 unspecified atom stereocenters. The maximum absolute atomic E-state index is 14.2. The van der Waals surface area contributed by atoms with Crippen molar-refractivity contribution in [3.63, 3.8) is 0 Å². The van der Waals surface area contributed by atoms with Crippen LogP contribution >= 0.6 is 11.6 Å². The lowest BCUT2D eigenvalue weighted by atomic mass is 10.3. The molecule has 9 nitrogen and oxygen atoms in total. The first-order valence-corrected chi connectivity index (χ1v) is 9.59. The number of rotatable bonds is 7. The predicted octanol–water partition coefficient (Wildman–Crippen LogP) is 0.0418. The Balaban J connectivity index is 2.23. The van der Waals surface area contributed by atoms with Gasteiger partial charge in [-0.3, -0.25) is 9.36 Å². The molecule has 1 aromatic heterocycles. The Morgan fingerprint density at radius 2 is 2.04 bits per heavy atom. The molecule has 0 saturated heterocycles. The number of hydrogen-bond donors (Lipinski definition) is 1. The van der Waals surface area contributed by atoms with Crippen LogP contribution < -0.4 is 20.7 Å². The van der Waals surface area contributed by atoms with Crippen LogP contribution in [0.2, 0.25) is 5.02 Å². The summed E-state index contributed by atoms with van der Waals surface area (Å²) in [7, 11) is -2.05. The number of aromatic nitrogens is 3. The van der Waals surface area contributed by atoms with Gasteiger partial charge in [-0.15, -0.1) is 0 Å². The molecule has 2 rings (SSSR count). The zero-order valence-corrected chi connectivity index (χ0v) is 15.5. The first-order chi connectivity index (χ1) is 12.1. The summed E-state index contributed by atoms with van der Waals surface area (Å²) >= 11 is 5.93. The largest absolute Gasteiger partial charge is 0.492 e. The molecule has 0 aliphatic rings. The van der Waals surface area contributed by atoms with E-state index >= 15 is 0 Å². The van der Waals surface area contributed by atoms with E-state index in [9.17, 15) is 22.4 Å². The molecule has 0 saturated carbocycles. The van der Waals surface area contributed by atoms with Crippen LogP contribution in [0.25, 0.3) is 5.69 Å². The van der Waals surface area contributed by atoms with E-state index in [-0.39, 0.29) is 29.6 Å². The lowest BCUT2D eigenvalue weighted by Gasteiger charge is -2.12. The average Bonchev–Trinajstić information content (AvgIpc) is 2.54. The van der Waals surface area contributed by atoms with Crippen molar-refractivity contribution >= 4 is 21.6 Å². The summed E-state index contributed by atoms with van der Waals surface area (Å²) in [6.07, 6.45) is 2.26. The van der Waals surface area contributed by atoms with E-state index in [1.54, 1.807) is 0 Å². The lowest BCUT2D eigenvalue weighted by molar-refractivity contribution is 0.311.